The van der Waals surface area contributed by atoms with Crippen LogP contribution in [0.2, 0.25) is 0 Å². The molecule has 1 aromatic rings. The summed E-state index contributed by atoms with van der Waals surface area (Å²) in [7, 11) is 0. The summed E-state index contributed by atoms with van der Waals surface area (Å²) in [5.41, 5.74) is 7.42. The average Bonchev–Trinajstić information content (AvgIpc) is 2.88. The minimum absolute atomic E-state index is 0.238. The molecule has 1 aromatic heterocycles. The van der Waals surface area contributed by atoms with Crippen molar-refractivity contribution in [3.63, 3.8) is 0 Å². The maximum atomic E-state index is 6.05. The number of hydrogen-bond acceptors (Lipinski definition) is 2. The van der Waals surface area contributed by atoms with E-state index < -0.39 is 0 Å². The molecule has 1 unspecified atom stereocenters. The lowest BCUT2D eigenvalue weighted by Crippen LogP contribution is -2.31. The van der Waals surface area contributed by atoms with Crippen LogP contribution in [0.15, 0.2) is 12.5 Å². The van der Waals surface area contributed by atoms with E-state index in [4.69, 9.17) is 5.73 Å². The van der Waals surface area contributed by atoms with Gasteiger partial charge in [0.05, 0.1) is 6.33 Å². The highest BCUT2D eigenvalue weighted by Gasteiger charge is 2.27. The number of nitrogens with two attached hydrogens (primary N) is 1. The highest BCUT2D eigenvalue weighted by Crippen LogP contribution is 2.39. The minimum atomic E-state index is 0.238. The molecule has 14 heavy (non-hydrogen) atoms. The van der Waals surface area contributed by atoms with E-state index in [1.165, 1.54) is 18.5 Å². The van der Waals surface area contributed by atoms with Crippen molar-refractivity contribution in [1.29, 1.82) is 0 Å². The fraction of sp³-hybridized carbons (Fsp3) is 0.727. The van der Waals surface area contributed by atoms with Crippen LogP contribution < -0.4 is 5.73 Å². The van der Waals surface area contributed by atoms with Crippen LogP contribution in [-0.4, -0.2) is 15.6 Å². The van der Waals surface area contributed by atoms with Crippen molar-refractivity contribution in [2.45, 2.75) is 45.2 Å². The lowest BCUT2D eigenvalue weighted by molar-refractivity contribution is 0.427. The number of imidazole rings is 1. The van der Waals surface area contributed by atoms with E-state index >= 15 is 0 Å². The van der Waals surface area contributed by atoms with E-state index in [0.717, 1.165) is 12.5 Å². The molecule has 0 saturated heterocycles. The van der Waals surface area contributed by atoms with Gasteiger partial charge in [-0.25, -0.2) is 4.98 Å². The van der Waals surface area contributed by atoms with Gasteiger partial charge in [0.15, 0.2) is 0 Å². The van der Waals surface area contributed by atoms with Crippen molar-refractivity contribution in [2.75, 3.05) is 0 Å². The van der Waals surface area contributed by atoms with Crippen molar-refractivity contribution in [3.05, 3.63) is 18.2 Å². The molecule has 1 heterocycles. The summed E-state index contributed by atoms with van der Waals surface area (Å²) in [5.74, 6) is 1.29. The molecule has 3 heteroatoms. The van der Waals surface area contributed by atoms with Gasteiger partial charge in [0, 0.05) is 30.4 Å². The van der Waals surface area contributed by atoms with Crippen LogP contribution >= 0.6 is 0 Å². The molecule has 2 N–H and O–H groups in total. The van der Waals surface area contributed by atoms with E-state index in [9.17, 15) is 0 Å². The van der Waals surface area contributed by atoms with Crippen molar-refractivity contribution in [1.82, 2.24) is 9.55 Å². The predicted octanol–water partition coefficient (Wildman–Crippen LogP) is 1.74. The first kappa shape index (κ1) is 9.71. The van der Waals surface area contributed by atoms with E-state index in [1.807, 2.05) is 12.5 Å². The number of rotatable bonds is 4. The van der Waals surface area contributed by atoms with Crippen molar-refractivity contribution in [3.8, 4) is 0 Å². The summed E-state index contributed by atoms with van der Waals surface area (Å²) in [6.07, 6.45) is 6.55. The molecule has 1 atom stereocenters. The number of hydrogen-bond donors (Lipinski definition) is 1. The van der Waals surface area contributed by atoms with Crippen LogP contribution in [0.25, 0.3) is 0 Å². The zero-order chi connectivity index (χ0) is 10.1. The molecule has 0 radical (unpaired) electrons. The molecule has 0 aliphatic heterocycles. The monoisotopic (exact) mass is 193 g/mol. The Morgan fingerprint density at radius 2 is 2.29 bits per heavy atom. The molecule has 1 saturated carbocycles. The molecule has 0 bridgehead atoms. The normalized spacial score (nSPS) is 18.9. The predicted molar refractivity (Wildman–Crippen MR) is 57.0 cm³/mol. The van der Waals surface area contributed by atoms with Gasteiger partial charge in [-0.05, 0) is 18.8 Å². The fourth-order valence-electron chi connectivity index (χ4n) is 1.64. The van der Waals surface area contributed by atoms with Crippen LogP contribution in [0, 0.1) is 5.92 Å². The van der Waals surface area contributed by atoms with Gasteiger partial charge in [0.25, 0.3) is 0 Å². The largest absolute Gasteiger partial charge is 0.333 e. The molecular formula is C11H19N3. The summed E-state index contributed by atoms with van der Waals surface area (Å²) < 4.78 is 2.22. The van der Waals surface area contributed by atoms with Gasteiger partial charge in [-0.15, -0.1) is 0 Å². The maximum Gasteiger partial charge on any atom is 0.0948 e. The zero-order valence-electron chi connectivity index (χ0n) is 8.98. The smallest absolute Gasteiger partial charge is 0.0948 e. The summed E-state index contributed by atoms with van der Waals surface area (Å²) in [4.78, 5) is 4.20. The second-order valence-electron chi connectivity index (χ2n) is 4.65. The Bertz CT molecular complexity index is 299. The molecular weight excluding hydrogens is 174 g/mol. The van der Waals surface area contributed by atoms with Gasteiger partial charge >= 0.3 is 0 Å². The van der Waals surface area contributed by atoms with Gasteiger partial charge in [0.2, 0.25) is 0 Å². The Kier molecular flexibility index (Phi) is 2.59. The number of aromatic nitrogens is 2. The van der Waals surface area contributed by atoms with Gasteiger partial charge in [-0.2, -0.15) is 0 Å². The molecule has 3 nitrogen and oxygen atoms in total. The summed E-state index contributed by atoms with van der Waals surface area (Å²) in [5, 5.41) is 0. The third-order valence-electron chi connectivity index (χ3n) is 3.00. The van der Waals surface area contributed by atoms with E-state index in [-0.39, 0.29) is 6.04 Å². The van der Waals surface area contributed by atoms with Gasteiger partial charge in [0.1, 0.15) is 0 Å². The van der Waals surface area contributed by atoms with Crippen molar-refractivity contribution in [2.24, 2.45) is 11.7 Å². The molecule has 1 aliphatic rings. The first-order chi connectivity index (χ1) is 6.68. The second kappa shape index (κ2) is 3.73. The van der Waals surface area contributed by atoms with Crippen molar-refractivity contribution < 1.29 is 0 Å². The molecule has 2 rings (SSSR count). The first-order valence-corrected chi connectivity index (χ1v) is 5.44. The Labute approximate surface area is 85.3 Å². The molecule has 1 fully saturated rings. The SMILES string of the molecule is CC(C)C(N)Cn1cncc1C1CC1. The standard InChI is InChI=1S/C11H19N3/c1-8(2)10(12)6-14-7-13-5-11(14)9-3-4-9/h5,7-10H,3-4,6,12H2,1-2H3. The van der Waals surface area contributed by atoms with Crippen LogP contribution in [0.3, 0.4) is 0 Å². The quantitative estimate of drug-likeness (QED) is 0.791. The lowest BCUT2D eigenvalue weighted by Gasteiger charge is -2.17. The van der Waals surface area contributed by atoms with Crippen LogP contribution in [0.1, 0.15) is 38.3 Å². The molecule has 0 amide bonds. The Morgan fingerprint density at radius 3 is 2.86 bits per heavy atom. The van der Waals surface area contributed by atoms with E-state index in [0.29, 0.717) is 5.92 Å². The first-order valence-electron chi connectivity index (χ1n) is 5.44. The summed E-state index contributed by atoms with van der Waals surface area (Å²) >= 11 is 0. The Morgan fingerprint density at radius 1 is 1.57 bits per heavy atom. The Hall–Kier alpha value is -0.830. The summed E-state index contributed by atoms with van der Waals surface area (Å²) in [6.45, 7) is 5.24. The molecule has 0 spiro atoms. The van der Waals surface area contributed by atoms with Crippen molar-refractivity contribution >= 4 is 0 Å². The summed E-state index contributed by atoms with van der Waals surface area (Å²) in [6, 6.07) is 0.238. The number of nitrogens with zero attached hydrogens (tertiary/aromatic N) is 2. The maximum absolute atomic E-state index is 6.05. The van der Waals surface area contributed by atoms with Gasteiger partial charge < -0.3 is 10.3 Å². The third-order valence-corrected chi connectivity index (χ3v) is 3.00. The van der Waals surface area contributed by atoms with E-state index in [2.05, 4.69) is 23.4 Å². The average molecular weight is 193 g/mol. The van der Waals surface area contributed by atoms with Crippen LogP contribution in [-0.2, 0) is 6.54 Å². The highest BCUT2D eigenvalue weighted by molar-refractivity contribution is 5.12. The third kappa shape index (κ3) is 1.98. The van der Waals surface area contributed by atoms with Crippen LogP contribution in [0.4, 0.5) is 0 Å². The van der Waals surface area contributed by atoms with Gasteiger partial charge in [-0.3, -0.25) is 0 Å². The topological polar surface area (TPSA) is 43.8 Å². The fourth-order valence-corrected chi connectivity index (χ4v) is 1.64. The van der Waals surface area contributed by atoms with Crippen LogP contribution in [0.5, 0.6) is 0 Å². The highest BCUT2D eigenvalue weighted by atomic mass is 15.1. The minimum Gasteiger partial charge on any atom is -0.333 e. The van der Waals surface area contributed by atoms with Gasteiger partial charge in [-0.1, -0.05) is 13.8 Å². The Balaban J connectivity index is 2.04. The lowest BCUT2D eigenvalue weighted by atomic mass is 10.1. The molecule has 78 valence electrons. The van der Waals surface area contributed by atoms with E-state index in [1.54, 1.807) is 0 Å². The molecule has 1 aliphatic carbocycles. The second-order valence-corrected chi connectivity index (χ2v) is 4.65. The molecule has 0 aromatic carbocycles. The zero-order valence-corrected chi connectivity index (χ0v) is 8.98.